The molecule has 0 saturated heterocycles. The van der Waals surface area contributed by atoms with Gasteiger partial charge < -0.3 is 16.0 Å². The molecule has 0 aliphatic heterocycles. The summed E-state index contributed by atoms with van der Waals surface area (Å²) >= 11 is 0. The van der Waals surface area contributed by atoms with Gasteiger partial charge in [-0.3, -0.25) is 14.9 Å². The molecule has 142 valence electrons. The second-order valence-corrected chi connectivity index (χ2v) is 6.00. The topological polar surface area (TPSA) is 99.3 Å². The fraction of sp³-hybridized carbons (Fsp3) is 0.250. The second kappa shape index (κ2) is 9.96. The highest BCUT2D eigenvalue weighted by atomic mass is 16.2. The number of hydrogen-bond acceptors (Lipinski definition) is 4. The Morgan fingerprint density at radius 1 is 0.963 bits per heavy atom. The number of carbonyl (C=O) groups is 3. The Hall–Kier alpha value is -3.35. The summed E-state index contributed by atoms with van der Waals surface area (Å²) in [5.74, 6) is -0.541. The fourth-order valence-corrected chi connectivity index (χ4v) is 2.31. The molecule has 0 atom stereocenters. The van der Waals surface area contributed by atoms with E-state index in [-0.39, 0.29) is 12.5 Å². The Labute approximate surface area is 158 Å². The van der Waals surface area contributed by atoms with Crippen molar-refractivity contribution in [1.82, 2.24) is 10.6 Å². The van der Waals surface area contributed by atoms with E-state index >= 15 is 0 Å². The van der Waals surface area contributed by atoms with Gasteiger partial charge in [0.1, 0.15) is 0 Å². The molecule has 2 aromatic rings. The molecular weight excluding hydrogens is 344 g/mol. The van der Waals surface area contributed by atoms with Crippen LogP contribution in [0.15, 0.2) is 48.5 Å². The average molecular weight is 368 g/mol. The number of hydrogen-bond donors (Lipinski definition) is 4. The molecule has 2 aromatic carbocycles. The molecular formula is C20H24N4O3. The van der Waals surface area contributed by atoms with Gasteiger partial charge in [0.2, 0.25) is 11.8 Å². The lowest BCUT2D eigenvalue weighted by molar-refractivity contribution is -0.118. The Morgan fingerprint density at radius 3 is 2.41 bits per heavy atom. The van der Waals surface area contributed by atoms with Gasteiger partial charge in [0.15, 0.2) is 0 Å². The van der Waals surface area contributed by atoms with Gasteiger partial charge in [0.25, 0.3) is 0 Å². The number of carbonyl (C=O) groups excluding carboxylic acids is 3. The molecule has 27 heavy (non-hydrogen) atoms. The van der Waals surface area contributed by atoms with Gasteiger partial charge >= 0.3 is 6.03 Å². The molecule has 0 aliphatic rings. The standard InChI is InChI=1S/C20H24N4O3/c1-3-18(25)23-16-10-9-14(2)17(11-16)21-13-19(26)24-20(27)22-12-15-7-5-4-6-8-15/h4-11,21H,3,12-13H2,1-2H3,(H,23,25)(H2,22,24,26,27). The van der Waals surface area contributed by atoms with Crippen LogP contribution in [0.4, 0.5) is 16.2 Å². The average Bonchev–Trinajstić information content (AvgIpc) is 2.67. The third-order valence-electron chi connectivity index (χ3n) is 3.83. The van der Waals surface area contributed by atoms with Crippen LogP contribution in [0.5, 0.6) is 0 Å². The maximum Gasteiger partial charge on any atom is 0.321 e. The van der Waals surface area contributed by atoms with E-state index in [2.05, 4.69) is 21.3 Å². The molecule has 0 bridgehead atoms. The summed E-state index contributed by atoms with van der Waals surface area (Å²) in [5.41, 5.74) is 3.23. The van der Waals surface area contributed by atoms with Crippen molar-refractivity contribution >= 4 is 29.2 Å². The number of nitrogens with one attached hydrogen (secondary N) is 4. The first-order chi connectivity index (χ1) is 13.0. The van der Waals surface area contributed by atoms with E-state index in [0.717, 1.165) is 11.1 Å². The van der Waals surface area contributed by atoms with Gasteiger partial charge in [-0.2, -0.15) is 0 Å². The molecule has 7 nitrogen and oxygen atoms in total. The van der Waals surface area contributed by atoms with Crippen molar-refractivity contribution in [1.29, 1.82) is 0 Å². The van der Waals surface area contributed by atoms with Crippen LogP contribution in [0.1, 0.15) is 24.5 Å². The molecule has 0 aromatic heterocycles. The van der Waals surface area contributed by atoms with E-state index in [1.165, 1.54) is 0 Å². The maximum atomic E-state index is 12.0. The first-order valence-corrected chi connectivity index (χ1v) is 8.74. The summed E-state index contributed by atoms with van der Waals surface area (Å²) in [5, 5.41) is 10.7. The number of benzene rings is 2. The molecule has 7 heteroatoms. The van der Waals surface area contributed by atoms with Crippen LogP contribution in [-0.4, -0.2) is 24.4 Å². The molecule has 0 spiro atoms. The highest BCUT2D eigenvalue weighted by Gasteiger charge is 2.09. The monoisotopic (exact) mass is 368 g/mol. The van der Waals surface area contributed by atoms with Crippen molar-refractivity contribution in [2.45, 2.75) is 26.8 Å². The Kier molecular flexibility index (Phi) is 7.37. The zero-order chi connectivity index (χ0) is 19.6. The highest BCUT2D eigenvalue weighted by molar-refractivity contribution is 5.96. The highest BCUT2D eigenvalue weighted by Crippen LogP contribution is 2.20. The van der Waals surface area contributed by atoms with Gasteiger partial charge in [-0.15, -0.1) is 0 Å². The van der Waals surface area contributed by atoms with Gasteiger partial charge in [0, 0.05) is 24.3 Å². The number of imide groups is 1. The lowest BCUT2D eigenvalue weighted by Crippen LogP contribution is -2.41. The lowest BCUT2D eigenvalue weighted by Gasteiger charge is -2.12. The van der Waals surface area contributed by atoms with Crippen molar-refractivity contribution in [2.24, 2.45) is 0 Å². The van der Waals surface area contributed by atoms with Crippen LogP contribution >= 0.6 is 0 Å². The third-order valence-corrected chi connectivity index (χ3v) is 3.83. The molecule has 4 amide bonds. The molecule has 0 saturated carbocycles. The van der Waals surface area contributed by atoms with Gasteiger partial charge in [-0.25, -0.2) is 4.79 Å². The Morgan fingerprint density at radius 2 is 1.70 bits per heavy atom. The first kappa shape index (κ1) is 20.0. The van der Waals surface area contributed by atoms with Crippen LogP contribution in [0.25, 0.3) is 0 Å². The lowest BCUT2D eigenvalue weighted by atomic mass is 10.1. The number of anilines is 2. The first-order valence-electron chi connectivity index (χ1n) is 8.74. The van der Waals surface area contributed by atoms with Crippen LogP contribution in [0.2, 0.25) is 0 Å². The fourth-order valence-electron chi connectivity index (χ4n) is 2.31. The zero-order valence-corrected chi connectivity index (χ0v) is 15.5. The van der Waals surface area contributed by atoms with Crippen LogP contribution in [0, 0.1) is 6.92 Å². The van der Waals surface area contributed by atoms with Crippen LogP contribution in [0.3, 0.4) is 0 Å². The molecule has 0 unspecified atom stereocenters. The Bertz CT molecular complexity index is 806. The van der Waals surface area contributed by atoms with Crippen molar-refractivity contribution in [2.75, 3.05) is 17.2 Å². The van der Waals surface area contributed by atoms with Crippen molar-refractivity contribution in [3.05, 3.63) is 59.7 Å². The molecule has 0 radical (unpaired) electrons. The van der Waals surface area contributed by atoms with E-state index < -0.39 is 11.9 Å². The second-order valence-electron chi connectivity index (χ2n) is 6.00. The SMILES string of the molecule is CCC(=O)Nc1ccc(C)c(NCC(=O)NC(=O)NCc2ccccc2)c1. The third kappa shape index (κ3) is 6.81. The normalized spacial score (nSPS) is 10.0. The quantitative estimate of drug-likeness (QED) is 0.604. The number of urea groups is 1. The minimum Gasteiger partial charge on any atom is -0.376 e. The minimum atomic E-state index is -0.550. The largest absolute Gasteiger partial charge is 0.376 e. The van der Waals surface area contributed by atoms with Gasteiger partial charge in [-0.05, 0) is 30.2 Å². The molecule has 0 aliphatic carbocycles. The van der Waals surface area contributed by atoms with E-state index in [1.54, 1.807) is 19.1 Å². The van der Waals surface area contributed by atoms with Crippen molar-refractivity contribution in [3.8, 4) is 0 Å². The predicted octanol–water partition coefficient (Wildman–Crippen LogP) is 2.78. The van der Waals surface area contributed by atoms with E-state index in [9.17, 15) is 14.4 Å². The zero-order valence-electron chi connectivity index (χ0n) is 15.5. The number of rotatable bonds is 7. The van der Waals surface area contributed by atoms with Crippen molar-refractivity contribution < 1.29 is 14.4 Å². The number of amides is 4. The predicted molar refractivity (Wildman–Crippen MR) is 105 cm³/mol. The van der Waals surface area contributed by atoms with E-state index in [1.807, 2.05) is 43.3 Å². The summed E-state index contributed by atoms with van der Waals surface area (Å²) in [6.07, 6.45) is 0.386. The summed E-state index contributed by atoms with van der Waals surface area (Å²) in [6, 6.07) is 14.3. The van der Waals surface area contributed by atoms with Crippen molar-refractivity contribution in [3.63, 3.8) is 0 Å². The van der Waals surface area contributed by atoms with E-state index in [0.29, 0.717) is 24.3 Å². The molecule has 4 N–H and O–H groups in total. The Balaban J connectivity index is 1.81. The smallest absolute Gasteiger partial charge is 0.321 e. The molecule has 2 rings (SSSR count). The minimum absolute atomic E-state index is 0.0647. The summed E-state index contributed by atoms with van der Waals surface area (Å²) in [6.45, 7) is 3.94. The molecule has 0 heterocycles. The van der Waals surface area contributed by atoms with Gasteiger partial charge in [-0.1, -0.05) is 43.3 Å². The van der Waals surface area contributed by atoms with Crippen LogP contribution in [-0.2, 0) is 16.1 Å². The maximum absolute atomic E-state index is 12.0. The van der Waals surface area contributed by atoms with Gasteiger partial charge in [0.05, 0.1) is 6.54 Å². The summed E-state index contributed by atoms with van der Waals surface area (Å²) < 4.78 is 0. The van der Waals surface area contributed by atoms with E-state index in [4.69, 9.17) is 0 Å². The number of aryl methyl sites for hydroxylation is 1. The summed E-state index contributed by atoms with van der Waals surface area (Å²) in [4.78, 5) is 35.2. The summed E-state index contributed by atoms with van der Waals surface area (Å²) in [7, 11) is 0. The van der Waals surface area contributed by atoms with Crippen LogP contribution < -0.4 is 21.3 Å². The molecule has 0 fully saturated rings.